The number of ketones is 1. The summed E-state index contributed by atoms with van der Waals surface area (Å²) in [5.74, 6) is -1.79. The second-order valence-electron chi connectivity index (χ2n) is 10.7. The maximum Gasteiger partial charge on any atom is 0.417 e. The van der Waals surface area contributed by atoms with Gasteiger partial charge in [0.05, 0.1) is 18.2 Å². The van der Waals surface area contributed by atoms with E-state index in [2.05, 4.69) is 15.6 Å². The summed E-state index contributed by atoms with van der Waals surface area (Å²) >= 11 is 0. The Bertz CT molecular complexity index is 1540. The van der Waals surface area contributed by atoms with Crippen LogP contribution in [0.25, 0.3) is 11.0 Å². The fraction of sp³-hybridized carbons (Fsp3) is 0.429. The maximum atomic E-state index is 13.3. The number of hydrogen-bond acceptors (Lipinski definition) is 7. The molecule has 2 aromatic heterocycles. The number of carbonyl (C=O) groups excluding carboxylic acids is 3. The largest absolute Gasteiger partial charge is 0.451 e. The third-order valence-corrected chi connectivity index (χ3v) is 8.87. The normalized spacial score (nSPS) is 19.5. The predicted molar refractivity (Wildman–Crippen MR) is 146 cm³/mol. The quantitative estimate of drug-likeness (QED) is 0.395. The first-order chi connectivity index (χ1) is 19.7. The Labute approximate surface area is 240 Å². The van der Waals surface area contributed by atoms with E-state index in [1.165, 1.54) is 0 Å². The number of amides is 2. The zero-order valence-electron chi connectivity index (χ0n) is 23.1. The number of Topliss-reactive ketones (excluding diaryl/α,β-unsaturated/α-hetero) is 1. The first-order valence-corrected chi connectivity index (χ1v) is 14.8. The fourth-order valence-electron chi connectivity index (χ4n) is 4.73. The molecular weight excluding hydrogens is 577 g/mol. The van der Waals surface area contributed by atoms with Gasteiger partial charge < -0.3 is 15.1 Å². The SMILES string of the molecule is CC(C)C[C@H](NC(=O)c1cc2ccccc2o1)C(=O)N[C@H]1CC[C@@H](C)N(S(=O)(=O)c2ccc(C(F)(F)F)cn2)CC1=O. The number of para-hydroxylation sites is 1. The number of carbonyl (C=O) groups is 3. The van der Waals surface area contributed by atoms with Gasteiger partial charge in [-0.1, -0.05) is 32.0 Å². The highest BCUT2D eigenvalue weighted by molar-refractivity contribution is 7.89. The van der Waals surface area contributed by atoms with Crippen molar-refractivity contribution in [3.8, 4) is 0 Å². The van der Waals surface area contributed by atoms with Gasteiger partial charge in [-0.2, -0.15) is 17.5 Å². The number of aromatic nitrogens is 1. The van der Waals surface area contributed by atoms with Crippen LogP contribution in [0, 0.1) is 5.92 Å². The lowest BCUT2D eigenvalue weighted by Gasteiger charge is -2.25. The second kappa shape index (κ2) is 12.2. The summed E-state index contributed by atoms with van der Waals surface area (Å²) in [6.45, 7) is 4.68. The van der Waals surface area contributed by atoms with Crippen molar-refractivity contribution in [1.82, 2.24) is 19.9 Å². The predicted octanol–water partition coefficient (Wildman–Crippen LogP) is 3.92. The lowest BCUT2D eigenvalue weighted by molar-refractivity contribution is -0.137. The number of benzene rings is 1. The lowest BCUT2D eigenvalue weighted by Crippen LogP contribution is -2.52. The molecule has 3 atom stereocenters. The molecule has 0 spiro atoms. The van der Waals surface area contributed by atoms with Crippen LogP contribution in [-0.2, 0) is 25.8 Å². The molecule has 226 valence electrons. The summed E-state index contributed by atoms with van der Waals surface area (Å²) in [7, 11) is -4.42. The van der Waals surface area contributed by atoms with E-state index in [9.17, 15) is 36.0 Å². The topological polar surface area (TPSA) is 139 Å². The fourth-order valence-corrected chi connectivity index (χ4v) is 6.27. The molecule has 2 amide bonds. The zero-order chi connectivity index (χ0) is 30.8. The number of sulfonamides is 1. The molecule has 0 aliphatic carbocycles. The van der Waals surface area contributed by atoms with Crippen LogP contribution in [0.1, 0.15) is 56.2 Å². The summed E-state index contributed by atoms with van der Waals surface area (Å²) in [6.07, 6.45) is -3.71. The van der Waals surface area contributed by atoms with E-state index in [4.69, 9.17) is 4.42 Å². The van der Waals surface area contributed by atoms with Crippen molar-refractivity contribution < 1.29 is 40.4 Å². The van der Waals surface area contributed by atoms with Gasteiger partial charge in [0.2, 0.25) is 5.91 Å². The van der Waals surface area contributed by atoms with E-state index >= 15 is 0 Å². The average molecular weight is 609 g/mol. The molecule has 1 aromatic carbocycles. The van der Waals surface area contributed by atoms with Crippen molar-refractivity contribution in [2.45, 2.75) is 69.4 Å². The molecule has 3 aromatic rings. The third kappa shape index (κ3) is 6.98. The molecule has 2 N–H and O–H groups in total. The standard InChI is InChI=1S/C28H31F3N4O6S/c1-16(2)12-21(34-27(38)24-13-18-6-4-5-7-23(18)41-24)26(37)33-20-10-8-17(3)35(15-22(20)36)42(39,40)25-11-9-19(14-32-25)28(29,30)31/h4-7,9,11,13-14,16-17,20-21H,8,10,12,15H2,1-3H3,(H,33,37)(H,34,38)/t17-,20+,21+/m1/s1. The minimum atomic E-state index is -4.69. The van der Waals surface area contributed by atoms with Crippen molar-refractivity contribution >= 4 is 38.6 Å². The Balaban J connectivity index is 1.47. The number of rotatable bonds is 8. The molecule has 0 bridgehead atoms. The van der Waals surface area contributed by atoms with Crippen LogP contribution in [0.3, 0.4) is 0 Å². The van der Waals surface area contributed by atoms with E-state index < -0.39 is 69.1 Å². The number of pyridine rings is 1. The van der Waals surface area contributed by atoms with Gasteiger partial charge in [-0.05, 0) is 56.4 Å². The molecular formula is C28H31F3N4O6S. The van der Waals surface area contributed by atoms with E-state index in [-0.39, 0.29) is 30.9 Å². The molecule has 4 rings (SSSR count). The highest BCUT2D eigenvalue weighted by Gasteiger charge is 2.39. The van der Waals surface area contributed by atoms with Gasteiger partial charge in [-0.3, -0.25) is 14.4 Å². The molecule has 0 saturated carbocycles. The van der Waals surface area contributed by atoms with Gasteiger partial charge in [0.15, 0.2) is 16.6 Å². The van der Waals surface area contributed by atoms with Gasteiger partial charge in [0.25, 0.3) is 15.9 Å². The second-order valence-corrected chi connectivity index (χ2v) is 12.5. The first kappa shape index (κ1) is 31.2. The van der Waals surface area contributed by atoms with Crippen molar-refractivity contribution in [3.63, 3.8) is 0 Å². The Kier molecular flexibility index (Phi) is 9.06. The van der Waals surface area contributed by atoms with Gasteiger partial charge in [0, 0.05) is 17.6 Å². The van der Waals surface area contributed by atoms with Crippen LogP contribution in [0.4, 0.5) is 13.2 Å². The van der Waals surface area contributed by atoms with E-state index in [1.54, 1.807) is 37.3 Å². The molecule has 1 aliphatic rings. The third-order valence-electron chi connectivity index (χ3n) is 7.00. The van der Waals surface area contributed by atoms with Crippen molar-refractivity contribution in [2.24, 2.45) is 5.92 Å². The van der Waals surface area contributed by atoms with Crippen LogP contribution < -0.4 is 10.6 Å². The lowest BCUT2D eigenvalue weighted by atomic mass is 10.0. The highest BCUT2D eigenvalue weighted by atomic mass is 32.2. The molecule has 1 fully saturated rings. The van der Waals surface area contributed by atoms with Crippen molar-refractivity contribution in [3.05, 3.63) is 60.0 Å². The number of fused-ring (bicyclic) bond motifs is 1. The number of hydrogen-bond donors (Lipinski definition) is 2. The zero-order valence-corrected chi connectivity index (χ0v) is 24.0. The highest BCUT2D eigenvalue weighted by Crippen LogP contribution is 2.30. The van der Waals surface area contributed by atoms with Crippen LogP contribution in [0.5, 0.6) is 0 Å². The van der Waals surface area contributed by atoms with Gasteiger partial charge in [0.1, 0.15) is 11.6 Å². The summed E-state index contributed by atoms with van der Waals surface area (Å²) in [5.41, 5.74) is -0.593. The Morgan fingerprint density at radius 3 is 2.48 bits per heavy atom. The van der Waals surface area contributed by atoms with Crippen molar-refractivity contribution in [1.29, 1.82) is 0 Å². The Morgan fingerprint density at radius 2 is 1.86 bits per heavy atom. The van der Waals surface area contributed by atoms with Crippen LogP contribution >= 0.6 is 0 Å². The number of nitrogens with zero attached hydrogens (tertiary/aromatic N) is 2. The summed E-state index contributed by atoms with van der Waals surface area (Å²) < 4.78 is 71.6. The Morgan fingerprint density at radius 1 is 1.14 bits per heavy atom. The maximum absolute atomic E-state index is 13.3. The van der Waals surface area contributed by atoms with Gasteiger partial charge in [-0.15, -0.1) is 0 Å². The first-order valence-electron chi connectivity index (χ1n) is 13.3. The molecule has 0 radical (unpaired) electrons. The van der Waals surface area contributed by atoms with E-state index in [0.29, 0.717) is 17.8 Å². The van der Waals surface area contributed by atoms with E-state index in [0.717, 1.165) is 15.8 Å². The smallest absolute Gasteiger partial charge is 0.417 e. The van der Waals surface area contributed by atoms with Gasteiger partial charge in [-0.25, -0.2) is 13.4 Å². The number of halogens is 3. The van der Waals surface area contributed by atoms with E-state index in [1.807, 2.05) is 13.8 Å². The number of furan rings is 1. The molecule has 1 aliphatic heterocycles. The molecule has 0 unspecified atom stereocenters. The van der Waals surface area contributed by atoms with Crippen LogP contribution in [-0.4, -0.2) is 60.0 Å². The average Bonchev–Trinajstić information content (AvgIpc) is 3.31. The molecule has 3 heterocycles. The molecule has 14 heteroatoms. The monoisotopic (exact) mass is 608 g/mol. The number of alkyl halides is 3. The van der Waals surface area contributed by atoms with Crippen LogP contribution in [0.2, 0.25) is 0 Å². The molecule has 42 heavy (non-hydrogen) atoms. The number of nitrogens with one attached hydrogen (secondary N) is 2. The van der Waals surface area contributed by atoms with Crippen molar-refractivity contribution in [2.75, 3.05) is 6.54 Å². The van der Waals surface area contributed by atoms with Gasteiger partial charge >= 0.3 is 6.18 Å². The molecule has 10 nitrogen and oxygen atoms in total. The minimum absolute atomic E-state index is 0.00144. The minimum Gasteiger partial charge on any atom is -0.451 e. The summed E-state index contributed by atoms with van der Waals surface area (Å²) in [4.78, 5) is 42.9. The molecule has 1 saturated heterocycles. The Hall–Kier alpha value is -3.78. The van der Waals surface area contributed by atoms with Crippen LogP contribution in [0.15, 0.2) is 58.1 Å². The summed E-state index contributed by atoms with van der Waals surface area (Å²) in [6, 6.07) is 7.22. The summed E-state index contributed by atoms with van der Waals surface area (Å²) in [5, 5.41) is 5.43.